The zero-order chi connectivity index (χ0) is 12.2. The Morgan fingerprint density at radius 1 is 1.41 bits per heavy atom. The van der Waals surface area contributed by atoms with E-state index in [0.29, 0.717) is 6.54 Å². The van der Waals surface area contributed by atoms with E-state index in [-0.39, 0.29) is 28.6 Å². The van der Waals surface area contributed by atoms with Crippen molar-refractivity contribution in [1.82, 2.24) is 5.32 Å². The van der Waals surface area contributed by atoms with Crippen LogP contribution >= 0.6 is 12.4 Å². The molecule has 0 aromatic heterocycles. The van der Waals surface area contributed by atoms with Gasteiger partial charge >= 0.3 is 0 Å². The average Bonchev–Trinajstić information content (AvgIpc) is 2.27. The van der Waals surface area contributed by atoms with Crippen molar-refractivity contribution in [3.63, 3.8) is 0 Å². The van der Waals surface area contributed by atoms with E-state index in [1.807, 2.05) is 6.07 Å². The van der Waals surface area contributed by atoms with Crippen LogP contribution in [0.25, 0.3) is 0 Å². The number of nitrogens with zero attached hydrogens (tertiary/aromatic N) is 1. The SMILES string of the molecule is CCC(C)(C)NCc1cccc([N+](=O)[O-])c1.Cl. The largest absolute Gasteiger partial charge is 0.308 e. The van der Waals surface area contributed by atoms with Gasteiger partial charge in [-0.3, -0.25) is 10.1 Å². The van der Waals surface area contributed by atoms with Gasteiger partial charge in [0, 0.05) is 24.2 Å². The Kier molecular flexibility index (Phi) is 6.13. The lowest BCUT2D eigenvalue weighted by Crippen LogP contribution is -2.37. The van der Waals surface area contributed by atoms with Crippen molar-refractivity contribution in [2.75, 3.05) is 0 Å². The minimum Gasteiger partial charge on any atom is -0.308 e. The highest BCUT2D eigenvalue weighted by molar-refractivity contribution is 5.85. The third-order valence-electron chi connectivity index (χ3n) is 2.78. The van der Waals surface area contributed by atoms with Gasteiger partial charge in [0.2, 0.25) is 0 Å². The normalized spacial score (nSPS) is 10.8. The average molecular weight is 259 g/mol. The van der Waals surface area contributed by atoms with Crippen molar-refractivity contribution in [1.29, 1.82) is 0 Å². The minimum absolute atomic E-state index is 0. The number of nitro groups is 1. The molecule has 0 fully saturated rings. The Hall–Kier alpha value is -1.13. The van der Waals surface area contributed by atoms with Crippen LogP contribution in [-0.2, 0) is 6.54 Å². The summed E-state index contributed by atoms with van der Waals surface area (Å²) in [4.78, 5) is 10.2. The molecule has 17 heavy (non-hydrogen) atoms. The molecule has 1 rings (SSSR count). The Morgan fingerprint density at radius 3 is 2.59 bits per heavy atom. The maximum atomic E-state index is 10.6. The third-order valence-corrected chi connectivity index (χ3v) is 2.78. The summed E-state index contributed by atoms with van der Waals surface area (Å²) in [6.45, 7) is 7.00. The van der Waals surface area contributed by atoms with Crippen LogP contribution in [0.5, 0.6) is 0 Å². The molecule has 5 heteroatoms. The zero-order valence-electron chi connectivity index (χ0n) is 10.4. The fourth-order valence-electron chi connectivity index (χ4n) is 1.25. The Morgan fingerprint density at radius 2 is 2.06 bits per heavy atom. The lowest BCUT2D eigenvalue weighted by Gasteiger charge is -2.24. The number of nitrogens with one attached hydrogen (secondary N) is 1. The molecule has 1 N–H and O–H groups in total. The second-order valence-electron chi connectivity index (χ2n) is 4.52. The van der Waals surface area contributed by atoms with Crippen LogP contribution < -0.4 is 5.32 Å². The molecule has 0 bridgehead atoms. The molecule has 1 aromatic rings. The minimum atomic E-state index is -0.367. The van der Waals surface area contributed by atoms with Crippen LogP contribution in [0.1, 0.15) is 32.8 Å². The van der Waals surface area contributed by atoms with Crippen LogP contribution in [0.4, 0.5) is 5.69 Å². The van der Waals surface area contributed by atoms with Crippen LogP contribution in [0.3, 0.4) is 0 Å². The monoisotopic (exact) mass is 258 g/mol. The van der Waals surface area contributed by atoms with Gasteiger partial charge in [-0.05, 0) is 25.8 Å². The summed E-state index contributed by atoms with van der Waals surface area (Å²) >= 11 is 0. The number of hydrogen-bond donors (Lipinski definition) is 1. The van der Waals surface area contributed by atoms with Gasteiger partial charge in [0.1, 0.15) is 0 Å². The van der Waals surface area contributed by atoms with Crippen molar-refractivity contribution in [2.24, 2.45) is 0 Å². The Balaban J connectivity index is 0.00000256. The fraction of sp³-hybridized carbons (Fsp3) is 0.500. The molecule has 0 saturated carbocycles. The number of benzene rings is 1. The van der Waals surface area contributed by atoms with E-state index in [4.69, 9.17) is 0 Å². The van der Waals surface area contributed by atoms with Crippen molar-refractivity contribution in [2.45, 2.75) is 39.3 Å². The van der Waals surface area contributed by atoms with Gasteiger partial charge in [0.25, 0.3) is 5.69 Å². The molecule has 0 atom stereocenters. The second-order valence-corrected chi connectivity index (χ2v) is 4.52. The number of non-ortho nitro benzene ring substituents is 1. The van der Waals surface area contributed by atoms with Gasteiger partial charge < -0.3 is 5.32 Å². The van der Waals surface area contributed by atoms with Gasteiger partial charge in [0.05, 0.1) is 4.92 Å². The maximum Gasteiger partial charge on any atom is 0.269 e. The van der Waals surface area contributed by atoms with Crippen LogP contribution in [0.2, 0.25) is 0 Å². The first-order chi connectivity index (χ1) is 7.44. The van der Waals surface area contributed by atoms with Gasteiger partial charge in [-0.2, -0.15) is 0 Å². The predicted molar refractivity (Wildman–Crippen MR) is 71.6 cm³/mol. The Bertz CT molecular complexity index is 381. The van der Waals surface area contributed by atoms with E-state index in [2.05, 4.69) is 26.1 Å². The molecular formula is C12H19ClN2O2. The molecule has 0 spiro atoms. The highest BCUT2D eigenvalue weighted by Crippen LogP contribution is 2.14. The zero-order valence-corrected chi connectivity index (χ0v) is 11.2. The molecule has 0 heterocycles. The van der Waals surface area contributed by atoms with Gasteiger partial charge in [-0.1, -0.05) is 19.1 Å². The molecule has 0 aliphatic carbocycles. The number of rotatable bonds is 5. The van der Waals surface area contributed by atoms with Crippen LogP contribution in [0.15, 0.2) is 24.3 Å². The topological polar surface area (TPSA) is 55.2 Å². The van der Waals surface area contributed by atoms with E-state index >= 15 is 0 Å². The van der Waals surface area contributed by atoms with Crippen LogP contribution in [-0.4, -0.2) is 10.5 Å². The first-order valence-electron chi connectivity index (χ1n) is 5.43. The summed E-state index contributed by atoms with van der Waals surface area (Å²) in [6.07, 6.45) is 1.02. The van der Waals surface area contributed by atoms with Crippen LogP contribution in [0, 0.1) is 10.1 Å². The second kappa shape index (κ2) is 6.57. The summed E-state index contributed by atoms with van der Waals surface area (Å²) in [5.74, 6) is 0. The molecular weight excluding hydrogens is 240 g/mol. The van der Waals surface area contributed by atoms with Crippen molar-refractivity contribution in [3.8, 4) is 0 Å². The molecule has 0 unspecified atom stereocenters. The molecule has 0 aliphatic heterocycles. The molecule has 1 aromatic carbocycles. The standard InChI is InChI=1S/C12H18N2O2.ClH/c1-4-12(2,3)13-9-10-6-5-7-11(8-10)14(15)16;/h5-8,13H,4,9H2,1-3H3;1H. The van der Waals surface area contributed by atoms with E-state index < -0.39 is 0 Å². The third kappa shape index (κ3) is 5.15. The number of hydrogen-bond acceptors (Lipinski definition) is 3. The van der Waals surface area contributed by atoms with E-state index in [9.17, 15) is 10.1 Å². The number of nitro benzene ring substituents is 1. The van der Waals surface area contributed by atoms with Gasteiger partial charge in [0.15, 0.2) is 0 Å². The summed E-state index contributed by atoms with van der Waals surface area (Å²) in [5, 5.41) is 14.0. The molecule has 0 saturated heterocycles. The molecule has 4 nitrogen and oxygen atoms in total. The first-order valence-corrected chi connectivity index (χ1v) is 5.43. The summed E-state index contributed by atoms with van der Waals surface area (Å²) < 4.78 is 0. The molecule has 0 aliphatic rings. The highest BCUT2D eigenvalue weighted by Gasteiger charge is 2.14. The summed E-state index contributed by atoms with van der Waals surface area (Å²) in [6, 6.07) is 6.73. The van der Waals surface area contributed by atoms with Crippen molar-refractivity contribution in [3.05, 3.63) is 39.9 Å². The molecule has 96 valence electrons. The predicted octanol–water partition coefficient (Wildman–Crippen LogP) is 3.29. The van der Waals surface area contributed by atoms with Crippen molar-refractivity contribution >= 4 is 18.1 Å². The summed E-state index contributed by atoms with van der Waals surface area (Å²) in [7, 11) is 0. The number of halogens is 1. The molecule has 0 amide bonds. The Labute approximate surface area is 108 Å². The lowest BCUT2D eigenvalue weighted by molar-refractivity contribution is -0.384. The van der Waals surface area contributed by atoms with E-state index in [1.165, 1.54) is 6.07 Å². The van der Waals surface area contributed by atoms with E-state index in [1.54, 1.807) is 12.1 Å². The van der Waals surface area contributed by atoms with Gasteiger partial charge in [-0.15, -0.1) is 12.4 Å². The summed E-state index contributed by atoms with van der Waals surface area (Å²) in [5.41, 5.74) is 1.15. The van der Waals surface area contributed by atoms with Crippen molar-refractivity contribution < 1.29 is 4.92 Å². The maximum absolute atomic E-state index is 10.6. The van der Waals surface area contributed by atoms with Gasteiger partial charge in [-0.25, -0.2) is 0 Å². The first kappa shape index (κ1) is 15.9. The highest BCUT2D eigenvalue weighted by atomic mass is 35.5. The quantitative estimate of drug-likeness (QED) is 0.651. The van der Waals surface area contributed by atoms with E-state index in [0.717, 1.165) is 12.0 Å². The molecule has 0 radical (unpaired) electrons. The lowest BCUT2D eigenvalue weighted by atomic mass is 10.0. The fourth-order valence-corrected chi connectivity index (χ4v) is 1.25. The smallest absolute Gasteiger partial charge is 0.269 e.